The average molecular weight is 408 g/mol. The van der Waals surface area contributed by atoms with Crippen molar-refractivity contribution < 1.29 is 9.18 Å². The maximum absolute atomic E-state index is 14.1. The molecule has 7 nitrogen and oxygen atoms in total. The summed E-state index contributed by atoms with van der Waals surface area (Å²) in [5, 5.41) is 5.00. The van der Waals surface area contributed by atoms with Crippen molar-refractivity contribution in [3.63, 3.8) is 0 Å². The fourth-order valence-electron chi connectivity index (χ4n) is 3.25. The van der Waals surface area contributed by atoms with Gasteiger partial charge in [0.2, 0.25) is 0 Å². The number of aromatic amines is 1. The van der Waals surface area contributed by atoms with E-state index < -0.39 is 5.91 Å². The van der Waals surface area contributed by atoms with Gasteiger partial charge in [0.05, 0.1) is 28.7 Å². The normalized spacial score (nSPS) is 13.6. The van der Waals surface area contributed by atoms with Crippen LogP contribution in [0.1, 0.15) is 23.3 Å². The second-order valence-electron chi connectivity index (χ2n) is 6.82. The van der Waals surface area contributed by atoms with Gasteiger partial charge in [0.1, 0.15) is 11.5 Å². The number of hydrogen-bond acceptors (Lipinski definition) is 5. The van der Waals surface area contributed by atoms with Crippen molar-refractivity contribution in [1.82, 2.24) is 19.7 Å². The van der Waals surface area contributed by atoms with Crippen LogP contribution in [-0.2, 0) is 0 Å². The van der Waals surface area contributed by atoms with Gasteiger partial charge in [-0.25, -0.2) is 14.1 Å². The fourth-order valence-corrected chi connectivity index (χ4v) is 4.40. The summed E-state index contributed by atoms with van der Waals surface area (Å²) in [6, 6.07) is 10.5. The molecule has 3 heterocycles. The third-order valence-corrected chi connectivity index (χ3v) is 5.84. The SMILES string of the molecule is NC(=O)c1nc(N(c2cnn(-c3ccccc3F)c2)C2CC2)sc1-c1ccc[nH]1. The summed E-state index contributed by atoms with van der Waals surface area (Å²) < 4.78 is 15.7. The first-order valence-electron chi connectivity index (χ1n) is 9.15. The monoisotopic (exact) mass is 408 g/mol. The van der Waals surface area contributed by atoms with Crippen LogP contribution in [0, 0.1) is 5.82 Å². The summed E-state index contributed by atoms with van der Waals surface area (Å²) in [7, 11) is 0. The number of nitrogens with zero attached hydrogens (tertiary/aromatic N) is 4. The van der Waals surface area contributed by atoms with E-state index in [2.05, 4.69) is 15.1 Å². The highest BCUT2D eigenvalue weighted by Gasteiger charge is 2.34. The van der Waals surface area contributed by atoms with Gasteiger partial charge in [0, 0.05) is 12.2 Å². The average Bonchev–Trinajstić information content (AvgIpc) is 3.13. The molecule has 29 heavy (non-hydrogen) atoms. The lowest BCUT2D eigenvalue weighted by Gasteiger charge is -2.19. The molecule has 0 unspecified atom stereocenters. The second-order valence-corrected chi connectivity index (χ2v) is 7.80. The van der Waals surface area contributed by atoms with E-state index in [1.54, 1.807) is 36.8 Å². The topological polar surface area (TPSA) is 92.8 Å². The number of amides is 1. The van der Waals surface area contributed by atoms with E-state index in [1.165, 1.54) is 22.1 Å². The molecule has 1 aliphatic carbocycles. The number of H-pyrrole nitrogens is 1. The summed E-state index contributed by atoms with van der Waals surface area (Å²) in [4.78, 5) is 22.4. The van der Waals surface area contributed by atoms with Crippen LogP contribution in [0.4, 0.5) is 15.2 Å². The third-order valence-electron chi connectivity index (χ3n) is 4.76. The number of carbonyl (C=O) groups is 1. The Hall–Kier alpha value is -3.46. The predicted octanol–water partition coefficient (Wildman–Crippen LogP) is 3.86. The second kappa shape index (κ2) is 6.85. The fraction of sp³-hybridized carbons (Fsp3) is 0.150. The molecule has 1 aromatic carbocycles. The van der Waals surface area contributed by atoms with Gasteiger partial charge in [-0.15, -0.1) is 0 Å². The molecule has 0 bridgehead atoms. The van der Waals surface area contributed by atoms with Crippen LogP contribution in [0.2, 0.25) is 0 Å². The molecule has 1 amide bonds. The molecule has 0 aliphatic heterocycles. The lowest BCUT2D eigenvalue weighted by molar-refractivity contribution is 0.0997. The molecule has 3 aromatic heterocycles. The first-order chi connectivity index (χ1) is 14.1. The maximum atomic E-state index is 14.1. The van der Waals surface area contributed by atoms with Gasteiger partial charge in [-0.05, 0) is 37.1 Å². The number of primary amides is 1. The molecular formula is C20H17FN6OS. The van der Waals surface area contributed by atoms with Crippen molar-refractivity contribution >= 4 is 28.1 Å². The van der Waals surface area contributed by atoms with Crippen molar-refractivity contribution in [1.29, 1.82) is 0 Å². The quantitative estimate of drug-likeness (QED) is 0.507. The van der Waals surface area contributed by atoms with E-state index >= 15 is 0 Å². The molecule has 1 saturated carbocycles. The number of aromatic nitrogens is 4. The van der Waals surface area contributed by atoms with Crippen molar-refractivity contribution in [3.8, 4) is 16.3 Å². The summed E-state index contributed by atoms with van der Waals surface area (Å²) in [5.74, 6) is -0.922. The molecule has 0 radical (unpaired) electrons. The summed E-state index contributed by atoms with van der Waals surface area (Å²) in [5.41, 5.74) is 7.77. The van der Waals surface area contributed by atoms with E-state index in [0.717, 1.165) is 24.2 Å². The van der Waals surface area contributed by atoms with Gasteiger partial charge >= 0.3 is 0 Å². The molecule has 9 heteroatoms. The van der Waals surface area contributed by atoms with E-state index in [9.17, 15) is 9.18 Å². The van der Waals surface area contributed by atoms with Gasteiger partial charge < -0.3 is 15.6 Å². The van der Waals surface area contributed by atoms with Crippen molar-refractivity contribution in [2.24, 2.45) is 5.73 Å². The zero-order chi connectivity index (χ0) is 20.0. The Balaban J connectivity index is 1.57. The molecule has 5 rings (SSSR count). The number of anilines is 2. The molecule has 1 aliphatic rings. The van der Waals surface area contributed by atoms with Crippen LogP contribution in [-0.4, -0.2) is 31.7 Å². The van der Waals surface area contributed by atoms with Crippen LogP contribution < -0.4 is 10.6 Å². The highest BCUT2D eigenvalue weighted by molar-refractivity contribution is 7.19. The summed E-state index contributed by atoms with van der Waals surface area (Å²) >= 11 is 1.40. The number of benzene rings is 1. The van der Waals surface area contributed by atoms with Gasteiger partial charge in [0.25, 0.3) is 5.91 Å². The number of rotatable bonds is 6. The van der Waals surface area contributed by atoms with E-state index in [4.69, 9.17) is 5.73 Å². The molecule has 1 fully saturated rings. The minimum Gasteiger partial charge on any atom is -0.364 e. The minimum atomic E-state index is -0.574. The highest BCUT2D eigenvalue weighted by atomic mass is 32.1. The number of nitrogens with two attached hydrogens (primary N) is 1. The van der Waals surface area contributed by atoms with Crippen LogP contribution in [0.25, 0.3) is 16.3 Å². The zero-order valence-electron chi connectivity index (χ0n) is 15.2. The summed E-state index contributed by atoms with van der Waals surface area (Å²) in [6.07, 6.45) is 7.26. The largest absolute Gasteiger partial charge is 0.364 e. The number of hydrogen-bond donors (Lipinski definition) is 2. The Morgan fingerprint density at radius 3 is 2.79 bits per heavy atom. The van der Waals surface area contributed by atoms with Crippen LogP contribution in [0.15, 0.2) is 55.0 Å². The molecule has 4 aromatic rings. The Kier molecular flexibility index (Phi) is 4.17. The third kappa shape index (κ3) is 3.19. The minimum absolute atomic E-state index is 0.236. The summed E-state index contributed by atoms with van der Waals surface area (Å²) in [6.45, 7) is 0. The number of nitrogens with one attached hydrogen (secondary N) is 1. The van der Waals surface area contributed by atoms with E-state index in [-0.39, 0.29) is 17.6 Å². The molecular weight excluding hydrogens is 391 g/mol. The maximum Gasteiger partial charge on any atom is 0.268 e. The van der Waals surface area contributed by atoms with E-state index in [0.29, 0.717) is 15.7 Å². The highest BCUT2D eigenvalue weighted by Crippen LogP contribution is 2.43. The zero-order valence-corrected chi connectivity index (χ0v) is 16.1. The first-order valence-corrected chi connectivity index (χ1v) is 9.96. The number of para-hydroxylation sites is 1. The molecule has 3 N–H and O–H groups in total. The van der Waals surface area contributed by atoms with Crippen LogP contribution in [0.5, 0.6) is 0 Å². The van der Waals surface area contributed by atoms with Gasteiger partial charge in [-0.1, -0.05) is 23.5 Å². The van der Waals surface area contributed by atoms with Gasteiger partial charge in [-0.3, -0.25) is 4.79 Å². The smallest absolute Gasteiger partial charge is 0.268 e. The van der Waals surface area contributed by atoms with Gasteiger partial charge in [0.15, 0.2) is 10.8 Å². The molecule has 0 atom stereocenters. The lowest BCUT2D eigenvalue weighted by atomic mass is 10.3. The van der Waals surface area contributed by atoms with Crippen LogP contribution >= 0.6 is 11.3 Å². The van der Waals surface area contributed by atoms with Crippen molar-refractivity contribution in [2.75, 3.05) is 4.90 Å². The first kappa shape index (κ1) is 17.6. The van der Waals surface area contributed by atoms with Crippen molar-refractivity contribution in [3.05, 3.63) is 66.5 Å². The number of carbonyl (C=O) groups excluding carboxylic acids is 1. The number of halogens is 1. The predicted molar refractivity (Wildman–Crippen MR) is 109 cm³/mol. The Bertz CT molecular complexity index is 1180. The Morgan fingerprint density at radius 1 is 1.28 bits per heavy atom. The number of thiazole rings is 1. The molecule has 146 valence electrons. The van der Waals surface area contributed by atoms with Gasteiger partial charge in [-0.2, -0.15) is 5.10 Å². The van der Waals surface area contributed by atoms with Crippen molar-refractivity contribution in [2.45, 2.75) is 18.9 Å². The Morgan fingerprint density at radius 2 is 2.10 bits per heavy atom. The molecule has 0 spiro atoms. The van der Waals surface area contributed by atoms with E-state index in [1.807, 2.05) is 17.0 Å². The Labute approximate surface area is 169 Å². The molecule has 0 saturated heterocycles. The lowest BCUT2D eigenvalue weighted by Crippen LogP contribution is -2.19. The standard InChI is InChI=1S/C20H17FN6OS/c21-14-4-1-2-6-16(14)26-11-13(10-24-26)27(12-7-8-12)20-25-17(19(22)28)18(29-20)15-5-3-9-23-15/h1-6,9-12,23H,7-8H2,(H2,22,28). The van der Waals surface area contributed by atoms with Crippen LogP contribution in [0.3, 0.4) is 0 Å².